The number of fused-ring (bicyclic) bond motifs is 1. The molecule has 0 saturated carbocycles. The van der Waals surface area contributed by atoms with Crippen LogP contribution in [-0.2, 0) is 19.7 Å². The fraction of sp³-hybridized carbons (Fsp3) is 0.545. The molecule has 1 fully saturated rings. The van der Waals surface area contributed by atoms with Gasteiger partial charge < -0.3 is 9.64 Å². The molecule has 1 saturated heterocycles. The summed E-state index contributed by atoms with van der Waals surface area (Å²) in [4.78, 5) is 28.9. The van der Waals surface area contributed by atoms with Crippen molar-refractivity contribution in [1.29, 1.82) is 0 Å². The van der Waals surface area contributed by atoms with Crippen molar-refractivity contribution in [3.8, 4) is 0 Å². The zero-order valence-corrected chi connectivity index (χ0v) is 16.8. The van der Waals surface area contributed by atoms with Crippen LogP contribution < -0.4 is 4.90 Å². The standard InChI is InChI=1S/C22H30N2O3/c1-5-27-21(26)16-10-12-24(13-11-16)15-17(25)14-20-22(2,3)18-8-6-7-9-19(18)23(20)4/h6-9,14,16H,5,10-13,15H2,1-4H3/b20-14+. The van der Waals surface area contributed by atoms with E-state index in [1.807, 2.05) is 26.1 Å². The van der Waals surface area contributed by atoms with Crippen LogP contribution in [0.15, 0.2) is 36.0 Å². The largest absolute Gasteiger partial charge is 0.466 e. The van der Waals surface area contributed by atoms with Crippen molar-refractivity contribution in [1.82, 2.24) is 4.90 Å². The zero-order valence-electron chi connectivity index (χ0n) is 16.8. The van der Waals surface area contributed by atoms with E-state index in [0.717, 1.165) is 37.3 Å². The van der Waals surface area contributed by atoms with Gasteiger partial charge in [0.2, 0.25) is 0 Å². The number of carbonyl (C=O) groups excluding carboxylic acids is 2. The number of allylic oxidation sites excluding steroid dienone is 1. The lowest BCUT2D eigenvalue weighted by atomic mass is 9.83. The van der Waals surface area contributed by atoms with Gasteiger partial charge in [-0.3, -0.25) is 14.5 Å². The van der Waals surface area contributed by atoms with Crippen LogP contribution in [0.25, 0.3) is 0 Å². The lowest BCUT2D eigenvalue weighted by molar-refractivity contribution is -0.149. The molecule has 146 valence electrons. The Morgan fingerprint density at radius 1 is 1.22 bits per heavy atom. The van der Waals surface area contributed by atoms with Crippen LogP contribution in [0.3, 0.4) is 0 Å². The summed E-state index contributed by atoms with van der Waals surface area (Å²) in [5.41, 5.74) is 3.27. The Kier molecular flexibility index (Phi) is 5.70. The predicted molar refractivity (Wildman–Crippen MR) is 107 cm³/mol. The van der Waals surface area contributed by atoms with Gasteiger partial charge in [-0.25, -0.2) is 0 Å². The highest BCUT2D eigenvalue weighted by molar-refractivity contribution is 5.94. The number of likely N-dealkylation sites (N-methyl/N-ethyl adjacent to an activating group) is 1. The van der Waals surface area contributed by atoms with Crippen LogP contribution in [-0.4, -0.2) is 49.9 Å². The molecule has 2 aliphatic heterocycles. The van der Waals surface area contributed by atoms with Gasteiger partial charge in [0, 0.05) is 29.9 Å². The third-order valence-electron chi connectivity index (χ3n) is 5.83. The number of ketones is 1. The molecular weight excluding hydrogens is 340 g/mol. The molecule has 2 heterocycles. The molecule has 2 aliphatic rings. The first-order valence-corrected chi connectivity index (χ1v) is 9.81. The molecule has 0 amide bonds. The van der Waals surface area contributed by atoms with Crippen LogP contribution >= 0.6 is 0 Å². The van der Waals surface area contributed by atoms with E-state index >= 15 is 0 Å². The number of anilines is 1. The number of nitrogens with zero attached hydrogens (tertiary/aromatic N) is 2. The average Bonchev–Trinajstić information content (AvgIpc) is 2.84. The van der Waals surface area contributed by atoms with Gasteiger partial charge in [0.1, 0.15) is 0 Å². The molecule has 0 radical (unpaired) electrons. The number of benzene rings is 1. The Hall–Kier alpha value is -2.14. The minimum Gasteiger partial charge on any atom is -0.466 e. The molecule has 1 aromatic rings. The number of esters is 1. The fourth-order valence-electron chi connectivity index (χ4n) is 4.26. The number of rotatable bonds is 5. The van der Waals surface area contributed by atoms with E-state index in [0.29, 0.717) is 13.2 Å². The van der Waals surface area contributed by atoms with Gasteiger partial charge in [-0.1, -0.05) is 32.0 Å². The van der Waals surface area contributed by atoms with E-state index in [4.69, 9.17) is 4.74 Å². The van der Waals surface area contributed by atoms with Crippen LogP contribution in [0.1, 0.15) is 39.2 Å². The average molecular weight is 370 g/mol. The van der Waals surface area contributed by atoms with Gasteiger partial charge in [-0.15, -0.1) is 0 Å². The third kappa shape index (κ3) is 3.93. The van der Waals surface area contributed by atoms with Crippen molar-refractivity contribution in [2.75, 3.05) is 38.2 Å². The molecule has 0 unspecified atom stereocenters. The Balaban J connectivity index is 1.62. The molecule has 0 atom stereocenters. The second-order valence-electron chi connectivity index (χ2n) is 8.00. The van der Waals surface area contributed by atoms with E-state index < -0.39 is 0 Å². The Labute approximate surface area is 162 Å². The van der Waals surface area contributed by atoms with Gasteiger partial charge in [0.05, 0.1) is 19.1 Å². The first kappa shape index (κ1) is 19.6. The number of hydrogen-bond acceptors (Lipinski definition) is 5. The maximum Gasteiger partial charge on any atom is 0.309 e. The van der Waals surface area contributed by atoms with Gasteiger partial charge in [0.15, 0.2) is 5.78 Å². The predicted octanol–water partition coefficient (Wildman–Crippen LogP) is 3.14. The highest BCUT2D eigenvalue weighted by Gasteiger charge is 2.38. The van der Waals surface area contributed by atoms with Crippen molar-refractivity contribution >= 4 is 17.4 Å². The molecule has 0 aromatic heterocycles. The minimum absolute atomic E-state index is 0.0240. The molecule has 0 bridgehead atoms. The summed E-state index contributed by atoms with van der Waals surface area (Å²) >= 11 is 0. The zero-order chi connectivity index (χ0) is 19.6. The maximum absolute atomic E-state index is 12.7. The minimum atomic E-state index is -0.183. The lowest BCUT2D eigenvalue weighted by Gasteiger charge is -2.30. The van der Waals surface area contributed by atoms with Crippen molar-refractivity contribution in [2.45, 2.75) is 39.0 Å². The SMILES string of the molecule is CCOC(=O)C1CCN(CC(=O)/C=C2/N(C)c3ccccc3C2(C)C)CC1. The van der Waals surface area contributed by atoms with Gasteiger partial charge in [-0.05, 0) is 44.5 Å². The summed E-state index contributed by atoms with van der Waals surface area (Å²) in [6.07, 6.45) is 3.33. The lowest BCUT2D eigenvalue weighted by Crippen LogP contribution is -2.39. The summed E-state index contributed by atoms with van der Waals surface area (Å²) in [5, 5.41) is 0. The maximum atomic E-state index is 12.7. The third-order valence-corrected chi connectivity index (χ3v) is 5.83. The van der Waals surface area contributed by atoms with Crippen LogP contribution in [0.5, 0.6) is 0 Å². The van der Waals surface area contributed by atoms with Crippen LogP contribution in [0, 0.1) is 5.92 Å². The quantitative estimate of drug-likeness (QED) is 0.589. The number of piperidine rings is 1. The number of hydrogen-bond donors (Lipinski definition) is 0. The summed E-state index contributed by atoms with van der Waals surface area (Å²) in [5.74, 6) is -0.00550. The monoisotopic (exact) mass is 370 g/mol. The number of carbonyl (C=O) groups is 2. The fourth-order valence-corrected chi connectivity index (χ4v) is 4.26. The molecule has 3 rings (SSSR count). The summed E-state index contributed by atoms with van der Waals surface area (Å²) < 4.78 is 5.11. The Morgan fingerprint density at radius 3 is 2.52 bits per heavy atom. The van der Waals surface area contributed by atoms with Gasteiger partial charge in [-0.2, -0.15) is 0 Å². The Bertz CT molecular complexity index is 746. The molecule has 5 nitrogen and oxygen atoms in total. The smallest absolute Gasteiger partial charge is 0.309 e. The van der Waals surface area contributed by atoms with E-state index in [2.05, 4.69) is 35.8 Å². The van der Waals surface area contributed by atoms with Crippen molar-refractivity contribution in [3.63, 3.8) is 0 Å². The van der Waals surface area contributed by atoms with E-state index in [1.165, 1.54) is 5.56 Å². The van der Waals surface area contributed by atoms with E-state index in [1.54, 1.807) is 6.08 Å². The highest BCUT2D eigenvalue weighted by Crippen LogP contribution is 2.46. The molecule has 0 spiro atoms. The van der Waals surface area contributed by atoms with Crippen LogP contribution in [0.4, 0.5) is 5.69 Å². The molecule has 1 aromatic carbocycles. The van der Waals surface area contributed by atoms with E-state index in [-0.39, 0.29) is 23.1 Å². The van der Waals surface area contributed by atoms with Crippen molar-refractivity contribution in [3.05, 3.63) is 41.6 Å². The molecule has 27 heavy (non-hydrogen) atoms. The van der Waals surface area contributed by atoms with Gasteiger partial charge in [0.25, 0.3) is 0 Å². The number of ether oxygens (including phenoxy) is 1. The molecule has 0 N–H and O–H groups in total. The summed E-state index contributed by atoms with van der Waals surface area (Å²) in [6.45, 7) is 8.52. The molecular formula is C22H30N2O3. The summed E-state index contributed by atoms with van der Waals surface area (Å²) in [6, 6.07) is 8.32. The molecule has 0 aliphatic carbocycles. The highest BCUT2D eigenvalue weighted by atomic mass is 16.5. The van der Waals surface area contributed by atoms with E-state index in [9.17, 15) is 9.59 Å². The van der Waals surface area contributed by atoms with Gasteiger partial charge >= 0.3 is 5.97 Å². The normalized spacial score (nSPS) is 21.3. The first-order valence-electron chi connectivity index (χ1n) is 9.81. The topological polar surface area (TPSA) is 49.9 Å². The number of likely N-dealkylation sites (tertiary alicyclic amines) is 1. The summed E-state index contributed by atoms with van der Waals surface area (Å²) in [7, 11) is 2.03. The van der Waals surface area contributed by atoms with Crippen LogP contribution in [0.2, 0.25) is 0 Å². The number of para-hydroxylation sites is 1. The second-order valence-corrected chi connectivity index (χ2v) is 8.00. The molecule has 5 heteroatoms. The first-order chi connectivity index (χ1) is 12.8. The van der Waals surface area contributed by atoms with Crippen molar-refractivity contribution < 1.29 is 14.3 Å². The Morgan fingerprint density at radius 2 is 1.89 bits per heavy atom. The second kappa shape index (κ2) is 7.85. The van der Waals surface area contributed by atoms with Crippen molar-refractivity contribution in [2.24, 2.45) is 5.92 Å².